The first-order valence-electron chi connectivity index (χ1n) is 3.78. The van der Waals surface area contributed by atoms with Crippen molar-refractivity contribution in [1.29, 1.82) is 5.26 Å². The molecule has 0 aromatic rings. The van der Waals surface area contributed by atoms with Gasteiger partial charge in [0.1, 0.15) is 5.60 Å². The predicted octanol–water partition coefficient (Wildman–Crippen LogP) is 1.32. The molecule has 2 aliphatic rings. The molecule has 0 aromatic carbocycles. The molecule has 0 aromatic heterocycles. The summed E-state index contributed by atoms with van der Waals surface area (Å²) in [7, 11) is 0. The maximum absolute atomic E-state index is 8.54. The van der Waals surface area contributed by atoms with Crippen LogP contribution in [0.3, 0.4) is 0 Å². The van der Waals surface area contributed by atoms with Crippen LogP contribution in [0.25, 0.3) is 0 Å². The third kappa shape index (κ3) is 0.479. The van der Waals surface area contributed by atoms with E-state index in [0.29, 0.717) is 5.92 Å². The Hall–Kier alpha value is -0.550. The molecule has 2 fully saturated rings. The Kier molecular flexibility index (Phi) is 0.952. The quantitative estimate of drug-likeness (QED) is 0.472. The summed E-state index contributed by atoms with van der Waals surface area (Å²) < 4.78 is 5.31. The average Bonchev–Trinajstić information content (AvgIpc) is 2.65. The maximum atomic E-state index is 8.54. The van der Waals surface area contributed by atoms with E-state index in [2.05, 4.69) is 19.9 Å². The molecular weight excluding hydrogens is 126 g/mol. The highest BCUT2D eigenvalue weighted by Crippen LogP contribution is 2.58. The molecule has 10 heavy (non-hydrogen) atoms. The zero-order chi connectivity index (χ0) is 7.35. The lowest BCUT2D eigenvalue weighted by Gasteiger charge is -2.38. The lowest BCUT2D eigenvalue weighted by Crippen LogP contribution is -2.42. The predicted molar refractivity (Wildman–Crippen MR) is 36.2 cm³/mol. The summed E-state index contributed by atoms with van der Waals surface area (Å²) in [6.07, 6.45) is 1.01. The van der Waals surface area contributed by atoms with Gasteiger partial charge in [0.25, 0.3) is 0 Å². The lowest BCUT2D eigenvalue weighted by atomic mass is 9.65. The second-order valence-electron chi connectivity index (χ2n) is 3.55. The van der Waals surface area contributed by atoms with Gasteiger partial charge in [-0.25, -0.2) is 0 Å². The van der Waals surface area contributed by atoms with Gasteiger partial charge in [-0.3, -0.25) is 0 Å². The minimum absolute atomic E-state index is 0.00810. The van der Waals surface area contributed by atoms with Gasteiger partial charge in [0.05, 0.1) is 6.07 Å². The van der Waals surface area contributed by atoms with E-state index in [1.807, 2.05) is 0 Å². The molecule has 0 bridgehead atoms. The topological polar surface area (TPSA) is 36.3 Å². The summed E-state index contributed by atoms with van der Waals surface area (Å²) in [5, 5.41) is 8.54. The van der Waals surface area contributed by atoms with Crippen molar-refractivity contribution in [3.8, 4) is 6.07 Å². The molecule has 1 saturated carbocycles. The van der Waals surface area contributed by atoms with Crippen molar-refractivity contribution in [2.24, 2.45) is 11.8 Å². The molecule has 54 valence electrons. The number of nitriles is 1. The zero-order valence-electron chi connectivity index (χ0n) is 6.29. The number of nitrogens with zero attached hydrogens (tertiary/aromatic N) is 1. The van der Waals surface area contributed by atoms with Crippen LogP contribution in [-0.2, 0) is 4.74 Å². The van der Waals surface area contributed by atoms with Crippen LogP contribution in [0.1, 0.15) is 20.3 Å². The van der Waals surface area contributed by atoms with E-state index in [-0.39, 0.29) is 11.7 Å². The minimum atomic E-state index is -0.0845. The van der Waals surface area contributed by atoms with E-state index in [1.54, 1.807) is 0 Å². The summed E-state index contributed by atoms with van der Waals surface area (Å²) in [5.74, 6) is 1.34. The molecule has 1 aliphatic carbocycles. The summed E-state index contributed by atoms with van der Waals surface area (Å²) >= 11 is 0. The third-order valence-electron chi connectivity index (χ3n) is 3.11. The molecule has 2 nitrogen and oxygen atoms in total. The highest BCUT2D eigenvalue weighted by atomic mass is 16.6. The number of hydrogen-bond acceptors (Lipinski definition) is 2. The number of hydrogen-bond donors (Lipinski definition) is 0. The summed E-state index contributed by atoms with van der Waals surface area (Å²) in [5.41, 5.74) is 0.00810. The van der Waals surface area contributed by atoms with Gasteiger partial charge in [0.15, 0.2) is 6.10 Å². The zero-order valence-corrected chi connectivity index (χ0v) is 6.29. The highest BCUT2D eigenvalue weighted by molar-refractivity contribution is 5.22. The van der Waals surface area contributed by atoms with Gasteiger partial charge in [-0.2, -0.15) is 5.26 Å². The molecule has 2 heteroatoms. The van der Waals surface area contributed by atoms with Crippen LogP contribution < -0.4 is 0 Å². The Balaban J connectivity index is 2.06. The van der Waals surface area contributed by atoms with Crippen LogP contribution in [0.4, 0.5) is 0 Å². The number of epoxide rings is 1. The molecular formula is C8H11NO. The summed E-state index contributed by atoms with van der Waals surface area (Å²) in [6, 6.07) is 2.16. The van der Waals surface area contributed by atoms with Crippen molar-refractivity contribution in [2.45, 2.75) is 32.0 Å². The molecule has 1 aliphatic heterocycles. The molecule has 4 unspecified atom stereocenters. The van der Waals surface area contributed by atoms with Crippen LogP contribution in [0, 0.1) is 23.2 Å². The molecule has 2 rings (SSSR count). The van der Waals surface area contributed by atoms with Crippen molar-refractivity contribution in [3.05, 3.63) is 0 Å². The lowest BCUT2D eigenvalue weighted by molar-refractivity contribution is 0.0543. The summed E-state index contributed by atoms with van der Waals surface area (Å²) in [6.45, 7) is 4.39. The minimum Gasteiger partial charge on any atom is -0.350 e. The van der Waals surface area contributed by atoms with Crippen molar-refractivity contribution < 1.29 is 4.74 Å². The molecule has 1 heterocycles. The Morgan fingerprint density at radius 1 is 1.60 bits per heavy atom. The monoisotopic (exact) mass is 137 g/mol. The van der Waals surface area contributed by atoms with E-state index in [4.69, 9.17) is 10.00 Å². The van der Waals surface area contributed by atoms with Crippen molar-refractivity contribution in [3.63, 3.8) is 0 Å². The fraction of sp³-hybridized carbons (Fsp3) is 0.875. The second-order valence-corrected chi connectivity index (χ2v) is 3.55. The van der Waals surface area contributed by atoms with Crippen LogP contribution in [0.5, 0.6) is 0 Å². The van der Waals surface area contributed by atoms with Gasteiger partial charge in [0.2, 0.25) is 0 Å². The molecule has 1 saturated heterocycles. The van der Waals surface area contributed by atoms with E-state index in [0.717, 1.165) is 12.3 Å². The van der Waals surface area contributed by atoms with Crippen LogP contribution >= 0.6 is 0 Å². The normalized spacial score (nSPS) is 57.5. The first-order valence-corrected chi connectivity index (χ1v) is 3.78. The van der Waals surface area contributed by atoms with Crippen LogP contribution in [-0.4, -0.2) is 11.7 Å². The largest absolute Gasteiger partial charge is 0.350 e. The van der Waals surface area contributed by atoms with Gasteiger partial charge in [-0.05, 0) is 18.3 Å². The number of rotatable bonds is 0. The van der Waals surface area contributed by atoms with Crippen molar-refractivity contribution >= 4 is 0 Å². The van der Waals surface area contributed by atoms with Crippen LogP contribution in [0.2, 0.25) is 0 Å². The van der Waals surface area contributed by atoms with Crippen molar-refractivity contribution in [1.82, 2.24) is 0 Å². The SMILES string of the molecule is CC1CC2(OC2C#N)C1C. The molecule has 4 atom stereocenters. The Morgan fingerprint density at radius 2 is 2.30 bits per heavy atom. The molecule has 1 spiro atoms. The first-order chi connectivity index (χ1) is 4.70. The number of ether oxygens (including phenoxy) is 1. The Bertz CT molecular complexity index is 208. The van der Waals surface area contributed by atoms with E-state index >= 15 is 0 Å². The van der Waals surface area contributed by atoms with E-state index in [1.165, 1.54) is 0 Å². The van der Waals surface area contributed by atoms with Crippen molar-refractivity contribution in [2.75, 3.05) is 0 Å². The molecule has 0 N–H and O–H groups in total. The third-order valence-corrected chi connectivity index (χ3v) is 3.11. The second kappa shape index (κ2) is 1.54. The van der Waals surface area contributed by atoms with Gasteiger partial charge < -0.3 is 4.74 Å². The summed E-state index contributed by atoms with van der Waals surface area (Å²) in [4.78, 5) is 0. The fourth-order valence-corrected chi connectivity index (χ4v) is 2.01. The fourth-order valence-electron chi connectivity index (χ4n) is 2.01. The van der Waals surface area contributed by atoms with Gasteiger partial charge in [-0.1, -0.05) is 13.8 Å². The van der Waals surface area contributed by atoms with Gasteiger partial charge >= 0.3 is 0 Å². The first kappa shape index (κ1) is 6.18. The Labute approximate surface area is 60.8 Å². The van der Waals surface area contributed by atoms with E-state index in [9.17, 15) is 0 Å². The Morgan fingerprint density at radius 3 is 2.60 bits per heavy atom. The van der Waals surface area contributed by atoms with Gasteiger partial charge in [-0.15, -0.1) is 0 Å². The van der Waals surface area contributed by atoms with Gasteiger partial charge in [0, 0.05) is 0 Å². The highest BCUT2D eigenvalue weighted by Gasteiger charge is 2.68. The standard InChI is InChI=1S/C8H11NO/c1-5-3-8(6(5)2)7(4-9)10-8/h5-7H,3H2,1-2H3. The molecule has 0 amide bonds. The average molecular weight is 137 g/mol. The van der Waals surface area contributed by atoms with Crippen LogP contribution in [0.15, 0.2) is 0 Å². The maximum Gasteiger partial charge on any atom is 0.173 e. The van der Waals surface area contributed by atoms with E-state index < -0.39 is 0 Å². The molecule has 0 radical (unpaired) electrons. The smallest absolute Gasteiger partial charge is 0.173 e.